The molecule has 3 aromatic rings. The smallest absolute Gasteiger partial charge is 0.226 e. The first-order valence-corrected chi connectivity index (χ1v) is 7.40. The first-order valence-electron chi connectivity index (χ1n) is 7.40. The van der Waals surface area contributed by atoms with E-state index in [0.717, 1.165) is 0 Å². The summed E-state index contributed by atoms with van der Waals surface area (Å²) in [4.78, 5) is 11.9. The van der Waals surface area contributed by atoms with Crippen LogP contribution in [0.1, 0.15) is 17.6 Å². The van der Waals surface area contributed by atoms with Crippen molar-refractivity contribution in [2.75, 3.05) is 6.54 Å². The van der Waals surface area contributed by atoms with Gasteiger partial charge in [0.1, 0.15) is 17.7 Å². The minimum absolute atomic E-state index is 0.0605. The van der Waals surface area contributed by atoms with Crippen LogP contribution in [0.3, 0.4) is 0 Å². The maximum Gasteiger partial charge on any atom is 0.226 e. The van der Waals surface area contributed by atoms with Crippen molar-refractivity contribution < 1.29 is 18.7 Å². The number of nitrogens with zero attached hydrogens (tertiary/aromatic N) is 2. The maximum absolute atomic E-state index is 12.9. The molecule has 0 bridgehead atoms. The van der Waals surface area contributed by atoms with Crippen LogP contribution in [0.4, 0.5) is 4.39 Å². The zero-order chi connectivity index (χ0) is 16.9. The molecule has 0 spiro atoms. The van der Waals surface area contributed by atoms with Gasteiger partial charge < -0.3 is 14.8 Å². The Labute approximate surface area is 137 Å². The fourth-order valence-electron chi connectivity index (χ4n) is 2.21. The normalized spacial score (nSPS) is 12.1. The van der Waals surface area contributed by atoms with E-state index < -0.39 is 6.10 Å². The van der Waals surface area contributed by atoms with Crippen molar-refractivity contribution in [2.45, 2.75) is 12.5 Å². The number of aromatic nitrogens is 2. The zero-order valence-electron chi connectivity index (χ0n) is 12.7. The molecule has 0 aliphatic carbocycles. The Morgan fingerprint density at radius 2 is 2.08 bits per heavy atom. The number of amides is 1. The van der Waals surface area contributed by atoms with Crippen molar-refractivity contribution in [3.63, 3.8) is 0 Å². The molecule has 0 aliphatic heterocycles. The molecule has 0 saturated carbocycles. The van der Waals surface area contributed by atoms with Gasteiger partial charge in [-0.15, -0.1) is 0 Å². The largest absolute Gasteiger partial charge is 0.467 e. The fraction of sp³-hybridized carbons (Fsp3) is 0.176. The molecule has 3 rings (SSSR count). The van der Waals surface area contributed by atoms with Crippen molar-refractivity contribution in [2.24, 2.45) is 0 Å². The van der Waals surface area contributed by atoms with E-state index in [1.165, 1.54) is 18.4 Å². The molecule has 6 nitrogen and oxygen atoms in total. The van der Waals surface area contributed by atoms with Crippen LogP contribution in [0.2, 0.25) is 0 Å². The van der Waals surface area contributed by atoms with Crippen LogP contribution < -0.4 is 5.32 Å². The van der Waals surface area contributed by atoms with Gasteiger partial charge in [0.25, 0.3) is 0 Å². The summed E-state index contributed by atoms with van der Waals surface area (Å²) >= 11 is 0. The molecule has 1 aromatic carbocycles. The molecule has 0 fully saturated rings. The highest BCUT2D eigenvalue weighted by Crippen LogP contribution is 2.12. The maximum atomic E-state index is 12.9. The van der Waals surface area contributed by atoms with Gasteiger partial charge in [-0.25, -0.2) is 9.07 Å². The SMILES string of the molecule is O=C(Cc1ccn(-c2ccc(F)cc2)n1)NC[C@@H](O)c1ccco1. The van der Waals surface area contributed by atoms with Crippen LogP contribution >= 0.6 is 0 Å². The number of carbonyl (C=O) groups excluding carboxylic acids is 1. The van der Waals surface area contributed by atoms with Gasteiger partial charge in [-0.2, -0.15) is 5.10 Å². The monoisotopic (exact) mass is 329 g/mol. The summed E-state index contributed by atoms with van der Waals surface area (Å²) in [5, 5.41) is 16.7. The van der Waals surface area contributed by atoms with Crippen LogP contribution in [0.25, 0.3) is 5.69 Å². The average molecular weight is 329 g/mol. The number of benzene rings is 1. The minimum atomic E-state index is -0.888. The van der Waals surface area contributed by atoms with Gasteiger partial charge >= 0.3 is 0 Å². The summed E-state index contributed by atoms with van der Waals surface area (Å²) < 4.78 is 19.6. The summed E-state index contributed by atoms with van der Waals surface area (Å²) in [6.07, 6.45) is 2.36. The van der Waals surface area contributed by atoms with E-state index in [-0.39, 0.29) is 24.7 Å². The van der Waals surface area contributed by atoms with Crippen molar-refractivity contribution in [3.8, 4) is 5.69 Å². The second kappa shape index (κ2) is 7.10. The number of halogens is 1. The lowest BCUT2D eigenvalue weighted by atomic mass is 10.2. The summed E-state index contributed by atoms with van der Waals surface area (Å²) in [5.41, 5.74) is 1.28. The van der Waals surface area contributed by atoms with Crippen LogP contribution in [-0.2, 0) is 11.2 Å². The van der Waals surface area contributed by atoms with Crippen LogP contribution in [-0.4, -0.2) is 27.3 Å². The third kappa shape index (κ3) is 3.88. The number of carbonyl (C=O) groups is 1. The Morgan fingerprint density at radius 3 is 2.79 bits per heavy atom. The van der Waals surface area contributed by atoms with Gasteiger partial charge in [0, 0.05) is 6.20 Å². The van der Waals surface area contributed by atoms with E-state index in [1.807, 2.05) is 0 Å². The van der Waals surface area contributed by atoms with E-state index in [0.29, 0.717) is 17.1 Å². The molecule has 2 heterocycles. The van der Waals surface area contributed by atoms with Crippen molar-refractivity contribution in [3.05, 3.63) is 72.2 Å². The Bertz CT molecular complexity index is 797. The molecule has 1 atom stereocenters. The lowest BCUT2D eigenvalue weighted by Gasteiger charge is -2.08. The first kappa shape index (κ1) is 15.9. The molecule has 0 aliphatic rings. The second-order valence-electron chi connectivity index (χ2n) is 5.24. The van der Waals surface area contributed by atoms with Gasteiger partial charge in [0.2, 0.25) is 5.91 Å². The fourth-order valence-corrected chi connectivity index (χ4v) is 2.21. The van der Waals surface area contributed by atoms with Crippen molar-refractivity contribution in [1.29, 1.82) is 0 Å². The first-order chi connectivity index (χ1) is 11.6. The number of hydrogen-bond donors (Lipinski definition) is 2. The minimum Gasteiger partial charge on any atom is -0.467 e. The van der Waals surface area contributed by atoms with E-state index in [2.05, 4.69) is 10.4 Å². The molecular weight excluding hydrogens is 313 g/mol. The Morgan fingerprint density at radius 1 is 1.29 bits per heavy atom. The Hall–Kier alpha value is -2.93. The number of nitrogens with one attached hydrogen (secondary N) is 1. The topological polar surface area (TPSA) is 80.3 Å². The molecule has 2 aromatic heterocycles. The molecule has 124 valence electrons. The molecule has 24 heavy (non-hydrogen) atoms. The lowest BCUT2D eigenvalue weighted by Crippen LogP contribution is -2.29. The standard InChI is InChI=1S/C17H16FN3O3/c18-12-3-5-14(6-4-12)21-8-7-13(20-21)10-17(23)19-11-15(22)16-2-1-9-24-16/h1-9,15,22H,10-11H2,(H,19,23)/t15-/m1/s1. The Kier molecular flexibility index (Phi) is 4.72. The summed E-state index contributed by atoms with van der Waals surface area (Å²) in [5.74, 6) is -0.179. The van der Waals surface area contributed by atoms with E-state index in [9.17, 15) is 14.3 Å². The molecule has 0 saturated heterocycles. The number of rotatable bonds is 6. The quantitative estimate of drug-likeness (QED) is 0.725. The van der Waals surface area contributed by atoms with Gasteiger partial charge in [-0.1, -0.05) is 0 Å². The van der Waals surface area contributed by atoms with Gasteiger partial charge in [-0.05, 0) is 42.5 Å². The highest BCUT2D eigenvalue weighted by molar-refractivity contribution is 5.78. The van der Waals surface area contributed by atoms with Crippen molar-refractivity contribution >= 4 is 5.91 Å². The van der Waals surface area contributed by atoms with E-state index in [1.54, 1.807) is 41.2 Å². The van der Waals surface area contributed by atoms with Crippen LogP contribution in [0.5, 0.6) is 0 Å². The Balaban J connectivity index is 1.54. The molecule has 0 unspecified atom stereocenters. The number of hydrogen-bond acceptors (Lipinski definition) is 4. The number of aliphatic hydroxyl groups is 1. The number of furan rings is 1. The third-order valence-electron chi connectivity index (χ3n) is 3.44. The average Bonchev–Trinajstić information content (AvgIpc) is 3.25. The molecular formula is C17H16FN3O3. The molecule has 7 heteroatoms. The molecule has 2 N–H and O–H groups in total. The van der Waals surface area contributed by atoms with Gasteiger partial charge in [0.05, 0.1) is 30.6 Å². The molecule has 0 radical (unpaired) electrons. The summed E-state index contributed by atoms with van der Waals surface area (Å²) in [7, 11) is 0. The third-order valence-corrected chi connectivity index (χ3v) is 3.44. The second-order valence-corrected chi connectivity index (χ2v) is 5.24. The van der Waals surface area contributed by atoms with E-state index in [4.69, 9.17) is 4.42 Å². The van der Waals surface area contributed by atoms with E-state index >= 15 is 0 Å². The molecule has 1 amide bonds. The number of aliphatic hydroxyl groups excluding tert-OH is 1. The van der Waals surface area contributed by atoms with Gasteiger partial charge in [-0.3, -0.25) is 4.79 Å². The highest BCUT2D eigenvalue weighted by atomic mass is 19.1. The summed E-state index contributed by atoms with van der Waals surface area (Å²) in [6, 6.07) is 10.9. The van der Waals surface area contributed by atoms with Crippen molar-refractivity contribution in [1.82, 2.24) is 15.1 Å². The predicted octanol–water partition coefficient (Wildman–Crippen LogP) is 2.00. The van der Waals surface area contributed by atoms with Gasteiger partial charge in [0.15, 0.2) is 0 Å². The van der Waals surface area contributed by atoms with Crippen LogP contribution in [0.15, 0.2) is 59.3 Å². The lowest BCUT2D eigenvalue weighted by molar-refractivity contribution is -0.121. The highest BCUT2D eigenvalue weighted by Gasteiger charge is 2.13. The summed E-state index contributed by atoms with van der Waals surface area (Å²) in [6.45, 7) is 0.0605. The zero-order valence-corrected chi connectivity index (χ0v) is 12.7. The van der Waals surface area contributed by atoms with Crippen LogP contribution in [0, 0.1) is 5.82 Å². The predicted molar refractivity (Wildman–Crippen MR) is 83.9 cm³/mol.